The molecule has 2 heterocycles. The summed E-state index contributed by atoms with van der Waals surface area (Å²) in [7, 11) is 1.93. The summed E-state index contributed by atoms with van der Waals surface area (Å²) in [6.07, 6.45) is 7.69. The molecule has 0 unspecified atom stereocenters. The molecule has 0 radical (unpaired) electrons. The largest absolute Gasteiger partial charge is 0.341 e. The highest BCUT2D eigenvalue weighted by Gasteiger charge is 2.12. The van der Waals surface area contributed by atoms with Crippen LogP contribution in [0.15, 0.2) is 12.4 Å². The summed E-state index contributed by atoms with van der Waals surface area (Å²) in [6.45, 7) is 3.04. The third-order valence-electron chi connectivity index (χ3n) is 2.71. The van der Waals surface area contributed by atoms with Gasteiger partial charge in [-0.1, -0.05) is 0 Å². The first-order chi connectivity index (χ1) is 7.40. The van der Waals surface area contributed by atoms with Gasteiger partial charge in [-0.15, -0.1) is 0 Å². The summed E-state index contributed by atoms with van der Waals surface area (Å²) < 4.78 is 0. The lowest BCUT2D eigenvalue weighted by atomic mass is 10.1. The van der Waals surface area contributed by atoms with Gasteiger partial charge in [0.05, 0.1) is 0 Å². The second-order valence-electron chi connectivity index (χ2n) is 3.97. The molecule has 1 aliphatic rings. The third kappa shape index (κ3) is 2.65. The number of anilines is 1. The molecule has 1 saturated heterocycles. The Balaban J connectivity index is 2.02. The molecule has 4 heteroatoms. The van der Waals surface area contributed by atoms with Crippen LogP contribution in [0.25, 0.3) is 0 Å². The van der Waals surface area contributed by atoms with Crippen LogP contribution in [0.4, 0.5) is 5.95 Å². The number of hydrogen-bond donors (Lipinski definition) is 1. The van der Waals surface area contributed by atoms with E-state index in [-0.39, 0.29) is 0 Å². The summed E-state index contributed by atoms with van der Waals surface area (Å²) in [5, 5.41) is 3.09. The van der Waals surface area contributed by atoms with E-state index in [1.165, 1.54) is 19.3 Å². The van der Waals surface area contributed by atoms with E-state index < -0.39 is 0 Å². The van der Waals surface area contributed by atoms with Gasteiger partial charge in [0.2, 0.25) is 5.95 Å². The number of nitrogens with one attached hydrogen (secondary N) is 1. The molecule has 0 amide bonds. The second kappa shape index (κ2) is 5.07. The van der Waals surface area contributed by atoms with Crippen molar-refractivity contribution in [3.05, 3.63) is 18.0 Å². The van der Waals surface area contributed by atoms with Gasteiger partial charge in [-0.3, -0.25) is 0 Å². The van der Waals surface area contributed by atoms with E-state index in [1.54, 1.807) is 0 Å². The van der Waals surface area contributed by atoms with Crippen LogP contribution < -0.4 is 10.2 Å². The van der Waals surface area contributed by atoms with Crippen molar-refractivity contribution >= 4 is 5.95 Å². The van der Waals surface area contributed by atoms with E-state index in [1.807, 2.05) is 19.4 Å². The zero-order valence-electron chi connectivity index (χ0n) is 9.24. The predicted molar refractivity (Wildman–Crippen MR) is 60.9 cm³/mol. The molecule has 0 spiro atoms. The summed E-state index contributed by atoms with van der Waals surface area (Å²) in [4.78, 5) is 11.1. The van der Waals surface area contributed by atoms with Crippen molar-refractivity contribution in [2.24, 2.45) is 0 Å². The van der Waals surface area contributed by atoms with Gasteiger partial charge in [0, 0.05) is 37.6 Å². The van der Waals surface area contributed by atoms with E-state index in [0.29, 0.717) is 0 Å². The number of hydrogen-bond acceptors (Lipinski definition) is 4. The van der Waals surface area contributed by atoms with Crippen molar-refractivity contribution in [2.45, 2.75) is 25.8 Å². The highest BCUT2D eigenvalue weighted by Crippen LogP contribution is 2.14. The fraction of sp³-hybridized carbons (Fsp3) is 0.636. The van der Waals surface area contributed by atoms with Crippen molar-refractivity contribution in [3.63, 3.8) is 0 Å². The summed E-state index contributed by atoms with van der Waals surface area (Å²) in [5.41, 5.74) is 1.14. The third-order valence-corrected chi connectivity index (χ3v) is 2.71. The van der Waals surface area contributed by atoms with Crippen LogP contribution >= 0.6 is 0 Å². The normalized spacial score (nSPS) is 16.7. The fourth-order valence-corrected chi connectivity index (χ4v) is 1.90. The number of nitrogens with zero attached hydrogens (tertiary/aromatic N) is 3. The smallest absolute Gasteiger partial charge is 0.225 e. The number of piperidine rings is 1. The van der Waals surface area contributed by atoms with Crippen molar-refractivity contribution in [1.29, 1.82) is 0 Å². The Hall–Kier alpha value is -1.16. The topological polar surface area (TPSA) is 41.1 Å². The lowest BCUT2D eigenvalue weighted by molar-refractivity contribution is 0.567. The number of rotatable bonds is 3. The van der Waals surface area contributed by atoms with E-state index in [9.17, 15) is 0 Å². The van der Waals surface area contributed by atoms with Crippen molar-refractivity contribution < 1.29 is 0 Å². The Morgan fingerprint density at radius 3 is 2.47 bits per heavy atom. The maximum atomic E-state index is 4.40. The molecule has 15 heavy (non-hydrogen) atoms. The van der Waals surface area contributed by atoms with Crippen LogP contribution in [-0.2, 0) is 6.54 Å². The molecule has 82 valence electrons. The van der Waals surface area contributed by atoms with Gasteiger partial charge in [-0.05, 0) is 26.3 Å². The molecule has 1 aliphatic heterocycles. The van der Waals surface area contributed by atoms with E-state index in [0.717, 1.165) is 31.1 Å². The molecule has 1 fully saturated rings. The van der Waals surface area contributed by atoms with Gasteiger partial charge < -0.3 is 10.2 Å². The molecule has 1 aromatic rings. The molecule has 2 rings (SSSR count). The summed E-state index contributed by atoms with van der Waals surface area (Å²) in [6, 6.07) is 0. The molecular formula is C11H18N4. The SMILES string of the molecule is CNCc1cnc(N2CCCCC2)nc1. The highest BCUT2D eigenvalue weighted by atomic mass is 15.2. The molecule has 4 nitrogen and oxygen atoms in total. The first-order valence-electron chi connectivity index (χ1n) is 5.60. The van der Waals surface area contributed by atoms with Gasteiger partial charge in [-0.2, -0.15) is 0 Å². The molecule has 0 atom stereocenters. The zero-order valence-corrected chi connectivity index (χ0v) is 9.24. The average Bonchev–Trinajstić information content (AvgIpc) is 2.32. The van der Waals surface area contributed by atoms with Crippen LogP contribution in [0.3, 0.4) is 0 Å². The molecule has 0 bridgehead atoms. The quantitative estimate of drug-likeness (QED) is 0.806. The minimum absolute atomic E-state index is 0.834. The summed E-state index contributed by atoms with van der Waals surface area (Å²) >= 11 is 0. The van der Waals surface area contributed by atoms with Gasteiger partial charge in [0.25, 0.3) is 0 Å². The molecule has 0 aromatic carbocycles. The maximum Gasteiger partial charge on any atom is 0.225 e. The van der Waals surface area contributed by atoms with Crippen LogP contribution in [-0.4, -0.2) is 30.1 Å². The van der Waals surface area contributed by atoms with E-state index in [2.05, 4.69) is 20.2 Å². The molecule has 0 saturated carbocycles. The minimum atomic E-state index is 0.834. The van der Waals surface area contributed by atoms with Gasteiger partial charge in [-0.25, -0.2) is 9.97 Å². The molecular weight excluding hydrogens is 188 g/mol. The Morgan fingerprint density at radius 1 is 1.20 bits per heavy atom. The van der Waals surface area contributed by atoms with E-state index in [4.69, 9.17) is 0 Å². The van der Waals surface area contributed by atoms with Crippen LogP contribution in [0.2, 0.25) is 0 Å². The first kappa shape index (κ1) is 10.4. The van der Waals surface area contributed by atoms with E-state index >= 15 is 0 Å². The highest BCUT2D eigenvalue weighted by molar-refractivity contribution is 5.30. The number of aromatic nitrogens is 2. The predicted octanol–water partition coefficient (Wildman–Crippen LogP) is 1.19. The van der Waals surface area contributed by atoms with Crippen LogP contribution in [0, 0.1) is 0 Å². The Kier molecular flexibility index (Phi) is 3.50. The zero-order chi connectivity index (χ0) is 10.5. The van der Waals surface area contributed by atoms with Crippen molar-refractivity contribution in [1.82, 2.24) is 15.3 Å². The Bertz CT molecular complexity index is 290. The molecule has 0 aliphatic carbocycles. The average molecular weight is 206 g/mol. The second-order valence-corrected chi connectivity index (χ2v) is 3.97. The van der Waals surface area contributed by atoms with Crippen molar-refractivity contribution in [2.75, 3.05) is 25.0 Å². The van der Waals surface area contributed by atoms with Crippen LogP contribution in [0.1, 0.15) is 24.8 Å². The molecule has 1 aromatic heterocycles. The fourth-order valence-electron chi connectivity index (χ4n) is 1.90. The summed E-state index contributed by atoms with van der Waals surface area (Å²) in [5.74, 6) is 0.884. The Morgan fingerprint density at radius 2 is 1.87 bits per heavy atom. The van der Waals surface area contributed by atoms with Gasteiger partial charge in [0.1, 0.15) is 0 Å². The molecule has 1 N–H and O–H groups in total. The monoisotopic (exact) mass is 206 g/mol. The standard InChI is InChI=1S/C11H18N4/c1-12-7-10-8-13-11(14-9-10)15-5-3-2-4-6-15/h8-9,12H,2-7H2,1H3. The lowest BCUT2D eigenvalue weighted by Crippen LogP contribution is -2.31. The minimum Gasteiger partial charge on any atom is -0.341 e. The van der Waals surface area contributed by atoms with Gasteiger partial charge in [0.15, 0.2) is 0 Å². The maximum absolute atomic E-state index is 4.40. The first-order valence-corrected chi connectivity index (χ1v) is 5.60. The Labute approximate surface area is 90.7 Å². The van der Waals surface area contributed by atoms with Gasteiger partial charge >= 0.3 is 0 Å². The lowest BCUT2D eigenvalue weighted by Gasteiger charge is -2.26. The van der Waals surface area contributed by atoms with Crippen molar-refractivity contribution in [3.8, 4) is 0 Å². The van der Waals surface area contributed by atoms with Crippen LogP contribution in [0.5, 0.6) is 0 Å².